The Hall–Kier alpha value is -4.44. The van der Waals surface area contributed by atoms with Gasteiger partial charge in [-0.3, -0.25) is 9.36 Å². The molecule has 0 aliphatic carbocycles. The van der Waals surface area contributed by atoms with Crippen LogP contribution in [0.4, 0.5) is 0 Å². The number of hydrogen-bond acceptors (Lipinski definition) is 7. The quantitative estimate of drug-likeness (QED) is 0.287. The van der Waals surface area contributed by atoms with Crippen molar-refractivity contribution in [2.45, 2.75) is 45.9 Å². The maximum absolute atomic E-state index is 14.0. The lowest BCUT2D eigenvalue weighted by Gasteiger charge is -2.25. The van der Waals surface area contributed by atoms with E-state index in [1.165, 1.54) is 42.2 Å². The molecule has 1 atom stereocenters. The van der Waals surface area contributed by atoms with Gasteiger partial charge in [-0.15, -0.1) is 11.3 Å². The molecule has 0 fully saturated rings. The van der Waals surface area contributed by atoms with E-state index in [-0.39, 0.29) is 11.9 Å². The zero-order valence-corrected chi connectivity index (χ0v) is 22.7. The van der Waals surface area contributed by atoms with Gasteiger partial charge in [0.05, 0.1) is 23.0 Å². The Bertz CT molecular complexity index is 1760. The number of fused-ring (bicyclic) bond motifs is 1. The largest absolute Gasteiger partial charge is 0.484 e. The van der Waals surface area contributed by atoms with Crippen LogP contribution in [0.3, 0.4) is 0 Å². The number of benzene rings is 2. The number of thiophene rings is 1. The third-order valence-electron chi connectivity index (χ3n) is 6.74. The van der Waals surface area contributed by atoms with Gasteiger partial charge >= 0.3 is 11.7 Å². The summed E-state index contributed by atoms with van der Waals surface area (Å²) in [6, 6.07) is 17.0. The van der Waals surface area contributed by atoms with Gasteiger partial charge in [0.15, 0.2) is 0 Å². The molecule has 0 bridgehead atoms. The number of rotatable bonds is 8. The molecule has 2 aromatic carbocycles. The summed E-state index contributed by atoms with van der Waals surface area (Å²) in [7, 11) is 0. The Morgan fingerprint density at radius 3 is 2.41 bits per heavy atom. The third-order valence-corrected chi connectivity index (χ3v) is 8.04. The molecule has 1 unspecified atom stereocenters. The van der Waals surface area contributed by atoms with Gasteiger partial charge in [-0.25, -0.2) is 19.1 Å². The minimum absolute atomic E-state index is 0.0220. The van der Waals surface area contributed by atoms with Crippen molar-refractivity contribution >= 4 is 27.5 Å². The molecule has 0 spiro atoms. The van der Waals surface area contributed by atoms with Gasteiger partial charge in [0.25, 0.3) is 5.56 Å². The zero-order chi connectivity index (χ0) is 27.9. The second-order valence-corrected chi connectivity index (χ2v) is 10.8. The molecule has 9 nitrogen and oxygen atoms in total. The van der Waals surface area contributed by atoms with E-state index >= 15 is 0 Å². The number of aromatic nitrogens is 3. The van der Waals surface area contributed by atoms with Crippen LogP contribution in [0.1, 0.15) is 36.6 Å². The van der Waals surface area contributed by atoms with Crippen LogP contribution in [-0.4, -0.2) is 25.2 Å². The van der Waals surface area contributed by atoms with Gasteiger partial charge in [0.2, 0.25) is 5.89 Å². The van der Waals surface area contributed by atoms with Crippen LogP contribution in [0.15, 0.2) is 81.1 Å². The minimum atomic E-state index is -1.80. The van der Waals surface area contributed by atoms with E-state index in [4.69, 9.17) is 9.15 Å². The molecule has 200 valence electrons. The molecular weight excluding hydrogens is 518 g/mol. The zero-order valence-electron chi connectivity index (χ0n) is 21.9. The van der Waals surface area contributed by atoms with E-state index in [0.29, 0.717) is 26.9 Å². The molecular formula is C29H27N3O6S. The van der Waals surface area contributed by atoms with E-state index < -0.39 is 28.9 Å². The molecule has 0 aliphatic heterocycles. The highest BCUT2D eigenvalue weighted by Gasteiger charge is 2.36. The molecule has 10 heteroatoms. The number of carbonyl (C=O) groups is 1. The Morgan fingerprint density at radius 1 is 1.10 bits per heavy atom. The summed E-state index contributed by atoms with van der Waals surface area (Å²) in [5.74, 6) is -0.378. The summed E-state index contributed by atoms with van der Waals surface area (Å²) < 4.78 is 14.1. The van der Waals surface area contributed by atoms with Crippen molar-refractivity contribution < 1.29 is 19.1 Å². The highest BCUT2D eigenvalue weighted by Crippen LogP contribution is 2.36. The number of carboxylic acids is 1. The molecule has 5 rings (SSSR count). The van der Waals surface area contributed by atoms with Crippen LogP contribution in [0.5, 0.6) is 5.75 Å². The van der Waals surface area contributed by atoms with Crippen molar-refractivity contribution in [1.29, 1.82) is 0 Å². The lowest BCUT2D eigenvalue weighted by Crippen LogP contribution is -2.52. The molecule has 0 amide bonds. The van der Waals surface area contributed by atoms with Crippen molar-refractivity contribution in [3.8, 4) is 16.5 Å². The van der Waals surface area contributed by atoms with Gasteiger partial charge in [0, 0.05) is 0 Å². The summed E-state index contributed by atoms with van der Waals surface area (Å²) >= 11 is 1.20. The molecule has 5 aromatic rings. The molecule has 0 radical (unpaired) electrons. The molecule has 3 aromatic heterocycles. The van der Waals surface area contributed by atoms with Gasteiger partial charge in [-0.05, 0) is 51.0 Å². The smallest absolute Gasteiger partial charge is 0.333 e. The van der Waals surface area contributed by atoms with Crippen molar-refractivity contribution in [1.82, 2.24) is 14.1 Å². The van der Waals surface area contributed by atoms with E-state index in [0.717, 1.165) is 15.7 Å². The highest BCUT2D eigenvalue weighted by atomic mass is 32.1. The van der Waals surface area contributed by atoms with Crippen LogP contribution < -0.4 is 16.0 Å². The second kappa shape index (κ2) is 10.0. The lowest BCUT2D eigenvalue weighted by molar-refractivity contribution is -0.146. The van der Waals surface area contributed by atoms with Crippen LogP contribution in [-0.2, 0) is 16.9 Å². The fraction of sp³-hybridized carbons (Fsp3) is 0.241. The molecule has 1 N–H and O–H groups in total. The highest BCUT2D eigenvalue weighted by molar-refractivity contribution is 7.22. The number of ether oxygens (including phenoxy) is 1. The summed E-state index contributed by atoms with van der Waals surface area (Å²) in [6.07, 6.45) is 2.30. The van der Waals surface area contributed by atoms with Crippen molar-refractivity contribution in [3.63, 3.8) is 0 Å². The normalized spacial score (nSPS) is 12.5. The Labute approximate surface area is 227 Å². The molecule has 0 aliphatic rings. The lowest BCUT2D eigenvalue weighted by atomic mass is 10.1. The fourth-order valence-electron chi connectivity index (χ4n) is 4.46. The van der Waals surface area contributed by atoms with Crippen LogP contribution in [0.25, 0.3) is 21.0 Å². The number of carboxylic acid groups (broad SMARTS) is 1. The number of oxazole rings is 1. The molecule has 39 heavy (non-hydrogen) atoms. The van der Waals surface area contributed by atoms with Crippen LogP contribution in [0.2, 0.25) is 0 Å². The SMILES string of the molecule is Cc1ccc(OC(Cn2c(=O)n(C(C)(C)C(=O)O)c(=O)c3c(C)c(-c4ncco4)sc32)c2ccccc2)cc1. The second-order valence-electron chi connectivity index (χ2n) is 9.80. The molecule has 0 saturated heterocycles. The van der Waals surface area contributed by atoms with E-state index in [1.54, 1.807) is 6.92 Å². The summed E-state index contributed by atoms with van der Waals surface area (Å²) in [6.45, 7) is 6.41. The molecule has 3 heterocycles. The number of aliphatic carboxylic acids is 1. The average molecular weight is 546 g/mol. The first-order valence-electron chi connectivity index (χ1n) is 12.3. The standard InChI is InChI=1S/C29H27N3O6S/c1-17-10-12-20(13-11-17)38-21(19-8-6-5-7-9-19)16-31-26-22(18(2)23(39-26)24-30-14-15-37-24)25(33)32(28(31)36)29(3,4)27(34)35/h5-15,21H,16H2,1-4H3,(H,34,35). The first-order chi connectivity index (χ1) is 18.6. The molecule has 0 saturated carbocycles. The maximum atomic E-state index is 14.0. The number of nitrogens with zero attached hydrogens (tertiary/aromatic N) is 3. The average Bonchev–Trinajstić information content (AvgIpc) is 3.55. The fourth-order valence-corrected chi connectivity index (χ4v) is 5.70. The van der Waals surface area contributed by atoms with Gasteiger partial charge in [-0.1, -0.05) is 48.0 Å². The van der Waals surface area contributed by atoms with Crippen molar-refractivity contribution in [2.75, 3.05) is 0 Å². The van der Waals surface area contributed by atoms with E-state index in [2.05, 4.69) is 4.98 Å². The summed E-state index contributed by atoms with van der Waals surface area (Å²) in [4.78, 5) is 45.2. The Kier molecular flexibility index (Phi) is 6.73. The predicted octanol–water partition coefficient (Wildman–Crippen LogP) is 5.14. The van der Waals surface area contributed by atoms with Crippen LogP contribution in [0, 0.1) is 13.8 Å². The predicted molar refractivity (Wildman–Crippen MR) is 149 cm³/mol. The topological polar surface area (TPSA) is 117 Å². The number of aryl methyl sites for hydroxylation is 2. The Balaban J connectivity index is 1.77. The first kappa shape index (κ1) is 26.2. The minimum Gasteiger partial charge on any atom is -0.484 e. The first-order valence-corrected chi connectivity index (χ1v) is 13.1. The Morgan fingerprint density at radius 2 is 1.79 bits per heavy atom. The van der Waals surface area contributed by atoms with Gasteiger partial charge < -0.3 is 14.3 Å². The van der Waals surface area contributed by atoms with Gasteiger partial charge in [-0.2, -0.15) is 0 Å². The third kappa shape index (κ3) is 4.67. The number of hydrogen-bond donors (Lipinski definition) is 1. The summed E-state index contributed by atoms with van der Waals surface area (Å²) in [5.41, 5.74) is -0.778. The monoisotopic (exact) mass is 545 g/mol. The van der Waals surface area contributed by atoms with Crippen LogP contribution >= 0.6 is 11.3 Å². The van der Waals surface area contributed by atoms with Gasteiger partial charge in [0.1, 0.15) is 28.5 Å². The maximum Gasteiger partial charge on any atom is 0.333 e. The van der Waals surface area contributed by atoms with Crippen molar-refractivity contribution in [2.24, 2.45) is 0 Å². The van der Waals surface area contributed by atoms with E-state index in [1.807, 2.05) is 61.5 Å². The van der Waals surface area contributed by atoms with E-state index in [9.17, 15) is 19.5 Å². The summed E-state index contributed by atoms with van der Waals surface area (Å²) in [5, 5.41) is 10.2. The van der Waals surface area contributed by atoms with Crippen molar-refractivity contribution in [3.05, 3.63) is 105 Å².